The lowest BCUT2D eigenvalue weighted by Gasteiger charge is -2.37. The van der Waals surface area contributed by atoms with E-state index in [1.807, 2.05) is 7.05 Å². The molecule has 32 heavy (non-hydrogen) atoms. The van der Waals surface area contributed by atoms with E-state index in [4.69, 9.17) is 4.74 Å². The molecule has 1 atom stereocenters. The Hall–Kier alpha value is -0.940. The second kappa shape index (κ2) is 14.3. The molecule has 0 saturated carbocycles. The molecule has 1 aromatic rings. The van der Waals surface area contributed by atoms with E-state index in [-0.39, 0.29) is 24.0 Å². The van der Waals surface area contributed by atoms with Crippen LogP contribution in [0.5, 0.6) is 0 Å². The monoisotopic (exact) mass is 558 g/mol. The van der Waals surface area contributed by atoms with Gasteiger partial charge in [0.2, 0.25) is 0 Å². The van der Waals surface area contributed by atoms with Crippen molar-refractivity contribution in [1.82, 2.24) is 25.3 Å². The molecular formula is C24H43IN6O. The van der Waals surface area contributed by atoms with Crippen LogP contribution in [-0.2, 0) is 17.8 Å². The van der Waals surface area contributed by atoms with Gasteiger partial charge < -0.3 is 20.3 Å². The first-order chi connectivity index (χ1) is 15.0. The van der Waals surface area contributed by atoms with Gasteiger partial charge in [-0.1, -0.05) is 38.1 Å². The fourth-order valence-electron chi connectivity index (χ4n) is 4.33. The Morgan fingerprint density at radius 2 is 1.59 bits per heavy atom. The van der Waals surface area contributed by atoms with Crippen LogP contribution < -0.4 is 10.6 Å². The van der Waals surface area contributed by atoms with Gasteiger partial charge in [-0.05, 0) is 24.1 Å². The largest absolute Gasteiger partial charge is 0.379 e. The van der Waals surface area contributed by atoms with Crippen LogP contribution in [0.4, 0.5) is 0 Å². The summed E-state index contributed by atoms with van der Waals surface area (Å²) in [6, 6.07) is 9.47. The third-order valence-electron chi connectivity index (χ3n) is 6.47. The van der Waals surface area contributed by atoms with Crippen LogP contribution >= 0.6 is 24.0 Å². The maximum atomic E-state index is 5.52. The molecule has 8 heteroatoms. The van der Waals surface area contributed by atoms with Gasteiger partial charge in [-0.2, -0.15) is 0 Å². The molecule has 0 radical (unpaired) electrons. The summed E-state index contributed by atoms with van der Waals surface area (Å²) >= 11 is 0. The fourth-order valence-corrected chi connectivity index (χ4v) is 4.33. The molecule has 2 aliphatic rings. The molecule has 7 nitrogen and oxygen atoms in total. The highest BCUT2D eigenvalue weighted by molar-refractivity contribution is 14.0. The lowest BCUT2D eigenvalue weighted by atomic mass is 10.0. The lowest BCUT2D eigenvalue weighted by molar-refractivity contribution is 0.00752. The minimum Gasteiger partial charge on any atom is -0.379 e. The average molecular weight is 559 g/mol. The number of rotatable bonds is 8. The molecule has 2 fully saturated rings. The van der Waals surface area contributed by atoms with Crippen molar-refractivity contribution in [1.29, 1.82) is 0 Å². The smallest absolute Gasteiger partial charge is 0.191 e. The number of morpholine rings is 1. The Morgan fingerprint density at radius 3 is 2.19 bits per heavy atom. The van der Waals surface area contributed by atoms with Gasteiger partial charge in [0.15, 0.2) is 5.96 Å². The first-order valence-electron chi connectivity index (χ1n) is 11.8. The second-order valence-corrected chi connectivity index (χ2v) is 9.16. The zero-order valence-corrected chi connectivity index (χ0v) is 22.7. The number of nitrogens with one attached hydrogen (secondary N) is 2. The number of nitrogens with zero attached hydrogens (tertiary/aromatic N) is 4. The molecule has 1 unspecified atom stereocenters. The van der Waals surface area contributed by atoms with Crippen LogP contribution in [0.1, 0.15) is 25.0 Å². The number of hydrogen-bond donors (Lipinski definition) is 2. The van der Waals surface area contributed by atoms with Gasteiger partial charge in [-0.25, -0.2) is 0 Å². The van der Waals surface area contributed by atoms with E-state index < -0.39 is 0 Å². The third kappa shape index (κ3) is 8.78. The van der Waals surface area contributed by atoms with Crippen molar-refractivity contribution in [3.05, 3.63) is 35.4 Å². The van der Waals surface area contributed by atoms with Crippen molar-refractivity contribution in [3.8, 4) is 0 Å². The van der Waals surface area contributed by atoms with Crippen molar-refractivity contribution in [3.63, 3.8) is 0 Å². The standard InChI is InChI=1S/C24H42N6O.HI/c1-20(2)23(30-13-15-31-16-14-30)18-27-24(25-3)26-17-21-5-7-22(8-6-21)19-29-11-9-28(4)10-12-29;/h5-8,20,23H,9-19H2,1-4H3,(H2,25,26,27);1H. The molecule has 2 saturated heterocycles. The first kappa shape index (κ1) is 27.3. The van der Waals surface area contributed by atoms with Crippen molar-refractivity contribution in [2.75, 3.05) is 73.1 Å². The van der Waals surface area contributed by atoms with Crippen LogP contribution in [0.15, 0.2) is 29.3 Å². The van der Waals surface area contributed by atoms with E-state index >= 15 is 0 Å². The summed E-state index contributed by atoms with van der Waals surface area (Å²) in [6.07, 6.45) is 0. The second-order valence-electron chi connectivity index (χ2n) is 9.16. The van der Waals surface area contributed by atoms with Gasteiger partial charge in [-0.15, -0.1) is 24.0 Å². The number of ether oxygens (including phenoxy) is 1. The first-order valence-corrected chi connectivity index (χ1v) is 11.8. The van der Waals surface area contributed by atoms with Gasteiger partial charge >= 0.3 is 0 Å². The molecule has 182 valence electrons. The number of likely N-dealkylation sites (N-methyl/N-ethyl adjacent to an activating group) is 1. The number of hydrogen-bond acceptors (Lipinski definition) is 5. The van der Waals surface area contributed by atoms with Crippen LogP contribution in [0.25, 0.3) is 0 Å². The number of halogens is 1. The Labute approximate surface area is 212 Å². The van der Waals surface area contributed by atoms with E-state index in [1.165, 1.54) is 11.1 Å². The molecule has 2 N–H and O–H groups in total. The van der Waals surface area contributed by atoms with Gasteiger partial charge in [0, 0.05) is 72.0 Å². The predicted molar refractivity (Wildman–Crippen MR) is 144 cm³/mol. The average Bonchev–Trinajstić information content (AvgIpc) is 2.79. The van der Waals surface area contributed by atoms with E-state index in [1.54, 1.807) is 0 Å². The molecule has 2 aliphatic heterocycles. The van der Waals surface area contributed by atoms with Crippen molar-refractivity contribution >= 4 is 29.9 Å². The van der Waals surface area contributed by atoms with E-state index in [2.05, 4.69) is 75.5 Å². The van der Waals surface area contributed by atoms with Gasteiger partial charge in [0.05, 0.1) is 13.2 Å². The van der Waals surface area contributed by atoms with Crippen LogP contribution in [0.3, 0.4) is 0 Å². The molecule has 0 spiro atoms. The van der Waals surface area contributed by atoms with Crippen LogP contribution in [0, 0.1) is 5.92 Å². The van der Waals surface area contributed by atoms with Gasteiger partial charge in [0.25, 0.3) is 0 Å². The summed E-state index contributed by atoms with van der Waals surface area (Å²) in [5, 5.41) is 7.00. The minimum atomic E-state index is 0. The molecular weight excluding hydrogens is 515 g/mol. The summed E-state index contributed by atoms with van der Waals surface area (Å²) in [5.74, 6) is 1.44. The topological polar surface area (TPSA) is 55.4 Å². The van der Waals surface area contributed by atoms with Crippen molar-refractivity contribution in [2.24, 2.45) is 10.9 Å². The maximum absolute atomic E-state index is 5.52. The minimum absolute atomic E-state index is 0. The fraction of sp³-hybridized carbons (Fsp3) is 0.708. The van der Waals surface area contributed by atoms with Gasteiger partial charge in [0.1, 0.15) is 0 Å². The summed E-state index contributed by atoms with van der Waals surface area (Å²) in [5.41, 5.74) is 2.67. The van der Waals surface area contributed by atoms with E-state index in [0.29, 0.717) is 12.0 Å². The SMILES string of the molecule is CN=C(NCc1ccc(CN2CCN(C)CC2)cc1)NCC(C(C)C)N1CCOCC1.I. The Morgan fingerprint density at radius 1 is 0.969 bits per heavy atom. The van der Waals surface area contributed by atoms with Gasteiger partial charge in [-0.3, -0.25) is 14.8 Å². The Balaban J connectivity index is 0.00000363. The lowest BCUT2D eigenvalue weighted by Crippen LogP contribution is -2.52. The normalized spacial score (nSPS) is 20.1. The van der Waals surface area contributed by atoms with E-state index in [9.17, 15) is 0 Å². The highest BCUT2D eigenvalue weighted by Gasteiger charge is 2.23. The Bertz CT molecular complexity index is 670. The molecule has 0 amide bonds. The maximum Gasteiger partial charge on any atom is 0.191 e. The van der Waals surface area contributed by atoms with Crippen LogP contribution in [0.2, 0.25) is 0 Å². The number of aliphatic imine (C=N–C) groups is 1. The zero-order chi connectivity index (χ0) is 22.1. The predicted octanol–water partition coefficient (Wildman–Crippen LogP) is 2.07. The molecule has 2 heterocycles. The highest BCUT2D eigenvalue weighted by Crippen LogP contribution is 2.12. The number of piperazine rings is 1. The summed E-state index contributed by atoms with van der Waals surface area (Å²) in [7, 11) is 4.04. The number of benzene rings is 1. The summed E-state index contributed by atoms with van der Waals surface area (Å²) in [4.78, 5) is 11.9. The highest BCUT2D eigenvalue weighted by atomic mass is 127. The summed E-state index contributed by atoms with van der Waals surface area (Å²) < 4.78 is 5.52. The zero-order valence-electron chi connectivity index (χ0n) is 20.3. The van der Waals surface area contributed by atoms with Crippen LogP contribution in [-0.4, -0.2) is 99.8 Å². The number of guanidine groups is 1. The van der Waals surface area contributed by atoms with E-state index in [0.717, 1.165) is 78.1 Å². The van der Waals surface area contributed by atoms with Crippen molar-refractivity contribution < 1.29 is 4.74 Å². The molecule has 3 rings (SSSR count). The van der Waals surface area contributed by atoms with Crippen molar-refractivity contribution in [2.45, 2.75) is 33.0 Å². The Kier molecular flexibility index (Phi) is 12.2. The molecule has 0 bridgehead atoms. The quantitative estimate of drug-likeness (QED) is 0.290. The molecule has 0 aliphatic carbocycles. The summed E-state index contributed by atoms with van der Waals surface area (Å²) in [6.45, 7) is 15.6. The molecule has 0 aromatic heterocycles. The molecule has 1 aromatic carbocycles. The third-order valence-corrected chi connectivity index (χ3v) is 6.47.